The average Bonchev–Trinajstić information content (AvgIpc) is 2.85. The molecule has 2 rings (SSSR count). The number of nitrogens with one attached hydrogen (secondary N) is 4. The molecule has 0 aliphatic heterocycles. The molecule has 0 aliphatic carbocycles. The molecule has 2 aromatic rings. The molecule has 0 aliphatic rings. The smallest absolute Gasteiger partial charge is 0.350 e. The van der Waals surface area contributed by atoms with Crippen molar-refractivity contribution in [2.75, 3.05) is 13.1 Å². The third-order valence-corrected chi connectivity index (χ3v) is 5.78. The molecule has 10 heteroatoms. The van der Waals surface area contributed by atoms with Crippen LogP contribution in [0, 0.1) is 0 Å². The average molecular weight is 535 g/mol. The van der Waals surface area contributed by atoms with Crippen molar-refractivity contribution in [2.45, 2.75) is 71.3 Å². The molecule has 7 nitrogen and oxygen atoms in total. The molecule has 2 aromatic carbocycles. The quantitative estimate of drug-likeness (QED) is 0.348. The summed E-state index contributed by atoms with van der Waals surface area (Å²) < 4.78 is 38.8. The molecule has 0 spiro atoms. The van der Waals surface area contributed by atoms with Gasteiger partial charge >= 0.3 is 6.18 Å². The molecular formula is C28H37F3N4O3. The molecule has 0 radical (unpaired) electrons. The molecule has 3 amide bonds. The number of halogens is 3. The molecule has 0 heterocycles. The molecule has 4 N–H and O–H groups in total. The number of benzene rings is 2. The second-order valence-corrected chi connectivity index (χ2v) is 10.2. The Bertz CT molecular complexity index is 1100. The number of carbonyl (C=O) groups is 3. The highest BCUT2D eigenvalue weighted by atomic mass is 19.4. The predicted molar refractivity (Wildman–Crippen MR) is 140 cm³/mol. The third kappa shape index (κ3) is 10.2. The van der Waals surface area contributed by atoms with E-state index in [2.05, 4.69) is 52.5 Å². The Morgan fingerprint density at radius 2 is 1.63 bits per heavy atom. The van der Waals surface area contributed by atoms with Gasteiger partial charge in [-0.3, -0.25) is 14.4 Å². The second kappa shape index (κ2) is 13.4. The van der Waals surface area contributed by atoms with E-state index in [1.807, 2.05) is 27.7 Å². The maximum atomic E-state index is 12.9. The highest BCUT2D eigenvalue weighted by Gasteiger charge is 2.31. The fourth-order valence-electron chi connectivity index (χ4n) is 3.67. The molecule has 38 heavy (non-hydrogen) atoms. The lowest BCUT2D eigenvalue weighted by Crippen LogP contribution is -2.54. The standard InChI is InChI=1S/C28H37F3N4O3/c1-6-19-10-12-20(13-11-19)18(2)32-15-14-23(26(38)35-27(3,4)5)34-24(36)17-33-25(37)21-8-7-9-22(16-21)28(29,30)31/h7-13,16,18,23,32H,6,14-15,17H2,1-5H3,(H,33,37)(H,34,36)(H,35,38). The normalized spacial score (nSPS) is 13.4. The van der Waals surface area contributed by atoms with E-state index in [1.54, 1.807) is 0 Å². The van der Waals surface area contributed by atoms with Crippen molar-refractivity contribution >= 4 is 17.7 Å². The molecule has 0 bridgehead atoms. The van der Waals surface area contributed by atoms with E-state index >= 15 is 0 Å². The van der Waals surface area contributed by atoms with Gasteiger partial charge in [-0.1, -0.05) is 37.3 Å². The van der Waals surface area contributed by atoms with E-state index in [4.69, 9.17) is 0 Å². The number of alkyl halides is 3. The summed E-state index contributed by atoms with van der Waals surface area (Å²) in [7, 11) is 0. The van der Waals surface area contributed by atoms with Gasteiger partial charge in [0.1, 0.15) is 6.04 Å². The maximum absolute atomic E-state index is 12.9. The Morgan fingerprint density at radius 1 is 0.974 bits per heavy atom. The molecule has 208 valence electrons. The molecule has 2 atom stereocenters. The summed E-state index contributed by atoms with van der Waals surface area (Å²) in [6.07, 6.45) is -3.36. The van der Waals surface area contributed by atoms with Gasteiger partial charge in [0, 0.05) is 17.1 Å². The van der Waals surface area contributed by atoms with Crippen LogP contribution >= 0.6 is 0 Å². The lowest BCUT2D eigenvalue weighted by atomic mass is 10.0. The van der Waals surface area contributed by atoms with Gasteiger partial charge in [-0.2, -0.15) is 13.2 Å². The maximum Gasteiger partial charge on any atom is 0.416 e. The number of amides is 3. The predicted octanol–water partition coefficient (Wildman–Crippen LogP) is 4.14. The van der Waals surface area contributed by atoms with Crippen molar-refractivity contribution in [3.05, 3.63) is 70.8 Å². The van der Waals surface area contributed by atoms with Gasteiger partial charge in [0.25, 0.3) is 5.91 Å². The second-order valence-electron chi connectivity index (χ2n) is 10.2. The van der Waals surface area contributed by atoms with Crippen molar-refractivity contribution in [3.8, 4) is 0 Å². The molecule has 0 saturated heterocycles. The molecular weight excluding hydrogens is 497 g/mol. The van der Waals surface area contributed by atoms with Crippen LogP contribution in [-0.2, 0) is 22.2 Å². The highest BCUT2D eigenvalue weighted by Crippen LogP contribution is 2.29. The van der Waals surface area contributed by atoms with E-state index in [1.165, 1.54) is 11.6 Å². The third-order valence-electron chi connectivity index (χ3n) is 5.78. The Kier molecular flexibility index (Phi) is 10.9. The van der Waals surface area contributed by atoms with Crippen molar-refractivity contribution in [3.63, 3.8) is 0 Å². The van der Waals surface area contributed by atoms with Crippen LogP contribution in [0.3, 0.4) is 0 Å². The largest absolute Gasteiger partial charge is 0.416 e. The van der Waals surface area contributed by atoms with E-state index in [0.29, 0.717) is 6.54 Å². The van der Waals surface area contributed by atoms with Gasteiger partial charge in [0.05, 0.1) is 12.1 Å². The Morgan fingerprint density at radius 3 is 2.21 bits per heavy atom. The van der Waals surface area contributed by atoms with E-state index in [0.717, 1.165) is 30.2 Å². The first kappa shape index (κ1) is 30.8. The van der Waals surface area contributed by atoms with E-state index < -0.39 is 41.7 Å². The Hall–Kier alpha value is -3.40. The van der Waals surface area contributed by atoms with Crippen molar-refractivity contribution < 1.29 is 27.6 Å². The first-order chi connectivity index (χ1) is 17.7. The van der Waals surface area contributed by atoms with Crippen LogP contribution in [0.25, 0.3) is 0 Å². The molecule has 0 aromatic heterocycles. The number of rotatable bonds is 11. The minimum Gasteiger partial charge on any atom is -0.350 e. The van der Waals surface area contributed by atoms with Crippen LogP contribution in [0.15, 0.2) is 48.5 Å². The van der Waals surface area contributed by atoms with Crippen LogP contribution < -0.4 is 21.3 Å². The molecule has 2 unspecified atom stereocenters. The zero-order valence-corrected chi connectivity index (χ0v) is 22.5. The van der Waals surface area contributed by atoms with Gasteiger partial charge in [-0.15, -0.1) is 0 Å². The fourth-order valence-corrected chi connectivity index (χ4v) is 3.67. The number of aryl methyl sites for hydroxylation is 1. The molecule has 0 saturated carbocycles. The van der Waals surface area contributed by atoms with Crippen LogP contribution in [-0.4, -0.2) is 42.4 Å². The summed E-state index contributed by atoms with van der Waals surface area (Å²) in [5.74, 6) is -1.84. The Labute approximate surface area is 222 Å². The van der Waals surface area contributed by atoms with Gasteiger partial charge in [-0.05, 0) is 76.4 Å². The van der Waals surface area contributed by atoms with Crippen LogP contribution in [0.2, 0.25) is 0 Å². The van der Waals surface area contributed by atoms with E-state index in [-0.39, 0.29) is 23.9 Å². The monoisotopic (exact) mass is 534 g/mol. The van der Waals surface area contributed by atoms with E-state index in [9.17, 15) is 27.6 Å². The summed E-state index contributed by atoms with van der Waals surface area (Å²) in [6.45, 7) is 9.48. The Balaban J connectivity index is 1.97. The van der Waals surface area contributed by atoms with Crippen LogP contribution in [0.4, 0.5) is 13.2 Å². The summed E-state index contributed by atoms with van der Waals surface area (Å²) in [4.78, 5) is 37.7. The van der Waals surface area contributed by atoms with Crippen molar-refractivity contribution in [1.29, 1.82) is 0 Å². The summed E-state index contributed by atoms with van der Waals surface area (Å²) >= 11 is 0. The van der Waals surface area contributed by atoms with Crippen LogP contribution in [0.5, 0.6) is 0 Å². The van der Waals surface area contributed by atoms with Gasteiger partial charge in [0.2, 0.25) is 11.8 Å². The molecule has 0 fully saturated rings. The summed E-state index contributed by atoms with van der Waals surface area (Å²) in [6, 6.07) is 11.3. The lowest BCUT2D eigenvalue weighted by Gasteiger charge is -2.26. The first-order valence-corrected chi connectivity index (χ1v) is 12.6. The SMILES string of the molecule is CCc1ccc(C(C)NCCC(NC(=O)CNC(=O)c2cccc(C(F)(F)F)c2)C(=O)NC(C)(C)C)cc1. The van der Waals surface area contributed by atoms with Crippen molar-refractivity contribution in [2.24, 2.45) is 0 Å². The van der Waals surface area contributed by atoms with Gasteiger partial charge < -0.3 is 21.3 Å². The number of carbonyl (C=O) groups excluding carboxylic acids is 3. The number of hydrogen-bond acceptors (Lipinski definition) is 4. The van der Waals surface area contributed by atoms with Gasteiger partial charge in [-0.25, -0.2) is 0 Å². The minimum atomic E-state index is -4.59. The van der Waals surface area contributed by atoms with Crippen molar-refractivity contribution in [1.82, 2.24) is 21.3 Å². The zero-order chi connectivity index (χ0) is 28.5. The minimum absolute atomic E-state index is 0.0229. The summed E-state index contributed by atoms with van der Waals surface area (Å²) in [5, 5.41) is 11.1. The van der Waals surface area contributed by atoms with Crippen LogP contribution in [0.1, 0.15) is 74.1 Å². The lowest BCUT2D eigenvalue weighted by molar-refractivity contribution is -0.137. The highest BCUT2D eigenvalue weighted by molar-refractivity contribution is 5.97. The first-order valence-electron chi connectivity index (χ1n) is 12.6. The summed E-state index contributed by atoms with van der Waals surface area (Å²) in [5.41, 5.74) is 0.623. The topological polar surface area (TPSA) is 99.3 Å². The zero-order valence-electron chi connectivity index (χ0n) is 22.5. The van der Waals surface area contributed by atoms with Gasteiger partial charge in [0.15, 0.2) is 0 Å². The fraction of sp³-hybridized carbons (Fsp3) is 0.464. The number of hydrogen-bond donors (Lipinski definition) is 4.